The van der Waals surface area contributed by atoms with Gasteiger partial charge in [-0.15, -0.1) is 0 Å². The number of carboxylic acid groups (broad SMARTS) is 1. The predicted molar refractivity (Wildman–Crippen MR) is 124 cm³/mol. The van der Waals surface area contributed by atoms with E-state index in [-0.39, 0.29) is 6.42 Å². The molecule has 5 heteroatoms. The first-order valence-corrected chi connectivity index (χ1v) is 13.7. The third-order valence-electron chi connectivity index (χ3n) is 5.93. The highest BCUT2D eigenvalue weighted by molar-refractivity contribution is 8.00. The van der Waals surface area contributed by atoms with Crippen molar-refractivity contribution >= 4 is 29.5 Å². The number of aliphatic carboxylic acids is 1. The molecule has 0 aliphatic carbocycles. The topological polar surface area (TPSA) is 46.5 Å². The summed E-state index contributed by atoms with van der Waals surface area (Å²) in [5.41, 5.74) is 0. The Labute approximate surface area is 180 Å². The van der Waals surface area contributed by atoms with Crippen LogP contribution in [0, 0.1) is 11.8 Å². The summed E-state index contributed by atoms with van der Waals surface area (Å²) in [7, 11) is 0. The van der Waals surface area contributed by atoms with Gasteiger partial charge in [-0.25, -0.2) is 0 Å². The van der Waals surface area contributed by atoms with Crippen LogP contribution in [-0.2, 0) is 9.53 Å². The molecule has 0 saturated carbocycles. The molecule has 2 aliphatic heterocycles. The highest BCUT2D eigenvalue weighted by Gasteiger charge is 2.47. The maximum absolute atomic E-state index is 10.6. The molecule has 0 aromatic rings. The monoisotopic (exact) mass is 428 g/mol. The molecule has 4 atom stereocenters. The fourth-order valence-electron chi connectivity index (χ4n) is 4.54. The van der Waals surface area contributed by atoms with Crippen molar-refractivity contribution in [3.63, 3.8) is 0 Å². The van der Waals surface area contributed by atoms with E-state index in [4.69, 9.17) is 9.84 Å². The number of carbonyl (C=O) groups is 1. The van der Waals surface area contributed by atoms with Crippen molar-refractivity contribution in [1.29, 1.82) is 0 Å². The summed E-state index contributed by atoms with van der Waals surface area (Å²) in [5, 5.41) is 8.70. The second-order valence-corrected chi connectivity index (χ2v) is 10.6. The smallest absolute Gasteiger partial charge is 0.303 e. The fourth-order valence-corrected chi connectivity index (χ4v) is 6.52. The summed E-state index contributed by atoms with van der Waals surface area (Å²) in [4.78, 5) is 10.6. The molecule has 2 rings (SSSR count). The summed E-state index contributed by atoms with van der Waals surface area (Å²) in [5.74, 6) is 6.03. The van der Waals surface area contributed by atoms with Crippen molar-refractivity contribution in [3.8, 4) is 0 Å². The van der Waals surface area contributed by atoms with Crippen molar-refractivity contribution in [2.45, 2.75) is 89.8 Å². The van der Waals surface area contributed by atoms with Crippen LogP contribution in [0.2, 0.25) is 0 Å². The minimum absolute atomic E-state index is 0.278. The number of allylic oxidation sites excluding steroid dienone is 2. The first-order chi connectivity index (χ1) is 13.7. The largest absolute Gasteiger partial charge is 0.481 e. The normalized spacial score (nSPS) is 26.5. The summed E-state index contributed by atoms with van der Waals surface area (Å²) in [6.07, 6.45) is 17.7. The van der Waals surface area contributed by atoms with Gasteiger partial charge in [-0.05, 0) is 92.6 Å². The van der Waals surface area contributed by atoms with E-state index >= 15 is 0 Å². The van der Waals surface area contributed by atoms with Gasteiger partial charge in [0.05, 0.1) is 12.2 Å². The molecule has 0 spiro atoms. The first kappa shape index (κ1) is 24.1. The third-order valence-corrected chi connectivity index (χ3v) is 8.36. The Hall–Kier alpha value is -0.130. The molecule has 2 aliphatic rings. The van der Waals surface area contributed by atoms with Gasteiger partial charge in [-0.1, -0.05) is 25.5 Å². The van der Waals surface area contributed by atoms with E-state index in [1.165, 1.54) is 68.0 Å². The van der Waals surface area contributed by atoms with Crippen molar-refractivity contribution in [2.75, 3.05) is 23.0 Å². The molecule has 28 heavy (non-hydrogen) atoms. The van der Waals surface area contributed by atoms with E-state index in [1.54, 1.807) is 0 Å². The number of unbranched alkanes of at least 4 members (excludes halogenated alkanes) is 2. The predicted octanol–water partition coefficient (Wildman–Crippen LogP) is 6.42. The zero-order valence-electron chi connectivity index (χ0n) is 17.7. The molecule has 2 bridgehead atoms. The Balaban J connectivity index is 1.54. The lowest BCUT2D eigenvalue weighted by Gasteiger charge is -2.27. The Morgan fingerprint density at radius 1 is 0.964 bits per heavy atom. The number of thioether (sulfide) groups is 2. The average Bonchev–Trinajstić information content (AvgIpc) is 3.28. The molecule has 0 radical (unpaired) electrons. The zero-order chi connectivity index (χ0) is 20.0. The summed E-state index contributed by atoms with van der Waals surface area (Å²) in [6.45, 7) is 2.26. The molecule has 0 aromatic carbocycles. The molecule has 2 saturated heterocycles. The summed E-state index contributed by atoms with van der Waals surface area (Å²) in [6, 6.07) is 0. The second kappa shape index (κ2) is 14.8. The maximum atomic E-state index is 10.6. The van der Waals surface area contributed by atoms with Gasteiger partial charge in [-0.2, -0.15) is 23.5 Å². The van der Waals surface area contributed by atoms with E-state index in [0.29, 0.717) is 18.1 Å². The molecule has 0 unspecified atom stereocenters. The number of ether oxygens (including phenoxy) is 1. The molecular formula is C23H40O3S2. The van der Waals surface area contributed by atoms with E-state index in [2.05, 4.69) is 42.6 Å². The van der Waals surface area contributed by atoms with E-state index in [0.717, 1.165) is 25.2 Å². The molecule has 162 valence electrons. The van der Waals surface area contributed by atoms with Gasteiger partial charge in [0.2, 0.25) is 0 Å². The number of fused-ring (bicyclic) bond motifs is 2. The van der Waals surface area contributed by atoms with Crippen LogP contribution in [0.5, 0.6) is 0 Å². The fraction of sp³-hybridized carbons (Fsp3) is 0.870. The van der Waals surface area contributed by atoms with E-state index in [9.17, 15) is 4.79 Å². The van der Waals surface area contributed by atoms with Gasteiger partial charge < -0.3 is 9.84 Å². The Kier molecular flexibility index (Phi) is 12.8. The lowest BCUT2D eigenvalue weighted by atomic mass is 9.75. The van der Waals surface area contributed by atoms with Crippen LogP contribution in [0.1, 0.15) is 77.6 Å². The molecular weight excluding hydrogens is 388 g/mol. The number of hydrogen-bond acceptors (Lipinski definition) is 4. The highest BCUT2D eigenvalue weighted by Crippen LogP contribution is 2.47. The lowest BCUT2D eigenvalue weighted by Crippen LogP contribution is -2.26. The van der Waals surface area contributed by atoms with Gasteiger partial charge in [0.25, 0.3) is 0 Å². The number of rotatable bonds is 17. The van der Waals surface area contributed by atoms with Crippen LogP contribution in [0.3, 0.4) is 0 Å². The maximum Gasteiger partial charge on any atom is 0.303 e. The molecule has 0 amide bonds. The lowest BCUT2D eigenvalue weighted by molar-refractivity contribution is -0.137. The number of carboxylic acids is 1. The van der Waals surface area contributed by atoms with Crippen LogP contribution in [0.15, 0.2) is 12.2 Å². The minimum Gasteiger partial charge on any atom is -0.481 e. The van der Waals surface area contributed by atoms with Gasteiger partial charge >= 0.3 is 5.97 Å². The van der Waals surface area contributed by atoms with Crippen molar-refractivity contribution < 1.29 is 14.6 Å². The second-order valence-electron chi connectivity index (χ2n) is 8.19. The van der Waals surface area contributed by atoms with Crippen LogP contribution < -0.4 is 0 Å². The van der Waals surface area contributed by atoms with Gasteiger partial charge in [0.1, 0.15) is 0 Å². The van der Waals surface area contributed by atoms with Gasteiger partial charge in [-0.3, -0.25) is 4.79 Å². The molecule has 1 N–H and O–H groups in total. The standard InChI is InChI=1S/C23H40O3S2/c1-2-15-27-17-9-18-28-16-8-7-11-20-19(21-13-14-22(20)26-21)10-5-3-4-6-12-23(24)25/h3,5,19-22H,2,4,6-18H2,1H3,(H,24,25)/b5-3-/t19-,20+,21-,22+/m1/s1. The quantitative estimate of drug-likeness (QED) is 0.214. The third kappa shape index (κ3) is 9.13. The van der Waals surface area contributed by atoms with Crippen molar-refractivity contribution in [3.05, 3.63) is 12.2 Å². The van der Waals surface area contributed by atoms with Crippen molar-refractivity contribution in [1.82, 2.24) is 0 Å². The molecule has 3 nitrogen and oxygen atoms in total. The van der Waals surface area contributed by atoms with Crippen LogP contribution in [-0.4, -0.2) is 46.3 Å². The van der Waals surface area contributed by atoms with Crippen molar-refractivity contribution in [2.24, 2.45) is 11.8 Å². The SMILES string of the molecule is CCCSCCCSCCCC[C@H]1[C@@H](C/C=C\CCCC(=O)O)[C@H]2CC[C@@H]1O2. The van der Waals surface area contributed by atoms with Crippen LogP contribution >= 0.6 is 23.5 Å². The Morgan fingerprint density at radius 2 is 1.68 bits per heavy atom. The van der Waals surface area contributed by atoms with Gasteiger partial charge in [0, 0.05) is 6.42 Å². The molecule has 2 heterocycles. The van der Waals surface area contributed by atoms with Crippen LogP contribution in [0.25, 0.3) is 0 Å². The zero-order valence-corrected chi connectivity index (χ0v) is 19.3. The Bertz CT molecular complexity index is 455. The first-order valence-electron chi connectivity index (χ1n) is 11.4. The summed E-state index contributed by atoms with van der Waals surface area (Å²) >= 11 is 4.23. The Morgan fingerprint density at radius 3 is 2.43 bits per heavy atom. The molecule has 2 fully saturated rings. The average molecular weight is 429 g/mol. The highest BCUT2D eigenvalue weighted by atomic mass is 32.2. The van der Waals surface area contributed by atoms with Gasteiger partial charge in [0.15, 0.2) is 0 Å². The summed E-state index contributed by atoms with van der Waals surface area (Å²) < 4.78 is 6.23. The van der Waals surface area contributed by atoms with E-state index in [1.807, 2.05) is 0 Å². The number of hydrogen-bond donors (Lipinski definition) is 1. The van der Waals surface area contributed by atoms with Crippen LogP contribution in [0.4, 0.5) is 0 Å². The minimum atomic E-state index is -0.691. The van der Waals surface area contributed by atoms with E-state index < -0.39 is 5.97 Å². The molecule has 0 aromatic heterocycles.